The molecule has 1 aliphatic rings. The third-order valence-corrected chi connectivity index (χ3v) is 5.13. The van der Waals surface area contributed by atoms with E-state index in [4.69, 9.17) is 0 Å². The maximum absolute atomic E-state index is 13.5. The quantitative estimate of drug-likeness (QED) is 0.656. The third kappa shape index (κ3) is 3.91. The minimum absolute atomic E-state index is 0.161. The zero-order chi connectivity index (χ0) is 21.3. The van der Waals surface area contributed by atoms with E-state index in [9.17, 15) is 23.2 Å². The van der Waals surface area contributed by atoms with Crippen molar-refractivity contribution in [2.24, 2.45) is 0 Å². The standard InChI is InChI=1S/C23H18F2N2O3/c24-19-6-5-17(13-20(19)25)15-1-2-16-12-18(4-3-14(16)11-15)23(30)26-9-10-27-21(28)7-8-22(27)29/h1-6,11-13H,7-10H2,(H,26,30). The van der Waals surface area contributed by atoms with E-state index in [2.05, 4.69) is 5.32 Å². The van der Waals surface area contributed by atoms with Crippen LogP contribution in [0.5, 0.6) is 0 Å². The summed E-state index contributed by atoms with van der Waals surface area (Å²) in [6.07, 6.45) is 0.452. The van der Waals surface area contributed by atoms with Gasteiger partial charge in [0.25, 0.3) is 5.91 Å². The number of hydrogen-bond acceptors (Lipinski definition) is 3. The van der Waals surface area contributed by atoms with E-state index in [1.165, 1.54) is 11.0 Å². The molecule has 30 heavy (non-hydrogen) atoms. The number of carbonyl (C=O) groups excluding carboxylic acids is 3. The van der Waals surface area contributed by atoms with Crippen LogP contribution in [0.25, 0.3) is 21.9 Å². The number of likely N-dealkylation sites (tertiary alicyclic amines) is 1. The van der Waals surface area contributed by atoms with Gasteiger partial charge in [-0.3, -0.25) is 19.3 Å². The Bertz CT molecular complexity index is 1160. The van der Waals surface area contributed by atoms with Crippen molar-refractivity contribution in [3.63, 3.8) is 0 Å². The molecule has 0 bridgehead atoms. The van der Waals surface area contributed by atoms with E-state index < -0.39 is 11.6 Å². The van der Waals surface area contributed by atoms with Gasteiger partial charge >= 0.3 is 0 Å². The lowest BCUT2D eigenvalue weighted by molar-refractivity contribution is -0.138. The van der Waals surface area contributed by atoms with Gasteiger partial charge in [0.05, 0.1) is 0 Å². The summed E-state index contributed by atoms with van der Waals surface area (Å²) in [5.41, 5.74) is 1.74. The SMILES string of the molecule is O=C(NCCN1C(=O)CCC1=O)c1ccc2cc(-c3ccc(F)c(F)c3)ccc2c1. The molecule has 0 radical (unpaired) electrons. The average Bonchev–Trinajstić information content (AvgIpc) is 3.07. The van der Waals surface area contributed by atoms with Gasteiger partial charge in [0.1, 0.15) is 0 Å². The van der Waals surface area contributed by atoms with Crippen LogP contribution in [0.2, 0.25) is 0 Å². The summed E-state index contributed by atoms with van der Waals surface area (Å²) >= 11 is 0. The lowest BCUT2D eigenvalue weighted by Crippen LogP contribution is -2.37. The predicted molar refractivity (Wildman–Crippen MR) is 108 cm³/mol. The lowest BCUT2D eigenvalue weighted by atomic mass is 9.99. The van der Waals surface area contributed by atoms with Gasteiger partial charge in [0.15, 0.2) is 11.6 Å². The summed E-state index contributed by atoms with van der Waals surface area (Å²) in [4.78, 5) is 36.8. The number of benzene rings is 3. The Morgan fingerprint density at radius 1 is 0.833 bits per heavy atom. The van der Waals surface area contributed by atoms with E-state index >= 15 is 0 Å². The summed E-state index contributed by atoms with van der Waals surface area (Å²) < 4.78 is 26.7. The molecule has 0 atom stereocenters. The first kappa shape index (κ1) is 19.7. The topological polar surface area (TPSA) is 66.5 Å². The summed E-state index contributed by atoms with van der Waals surface area (Å²) in [5.74, 6) is -2.53. The van der Waals surface area contributed by atoms with Crippen LogP contribution in [0.15, 0.2) is 54.6 Å². The van der Waals surface area contributed by atoms with Crippen molar-refractivity contribution >= 4 is 28.5 Å². The molecular formula is C23H18F2N2O3. The highest BCUT2D eigenvalue weighted by molar-refractivity contribution is 6.02. The highest BCUT2D eigenvalue weighted by Gasteiger charge is 2.28. The van der Waals surface area contributed by atoms with E-state index in [0.29, 0.717) is 11.1 Å². The Morgan fingerprint density at radius 3 is 2.20 bits per heavy atom. The molecule has 1 saturated heterocycles. The zero-order valence-electron chi connectivity index (χ0n) is 16.0. The molecular weight excluding hydrogens is 390 g/mol. The van der Waals surface area contributed by atoms with Crippen molar-refractivity contribution < 1.29 is 23.2 Å². The minimum Gasteiger partial charge on any atom is -0.350 e. The molecule has 3 aromatic carbocycles. The van der Waals surface area contributed by atoms with Crippen LogP contribution in [-0.2, 0) is 9.59 Å². The largest absolute Gasteiger partial charge is 0.350 e. The van der Waals surface area contributed by atoms with Gasteiger partial charge in [-0.1, -0.05) is 24.3 Å². The number of imide groups is 1. The van der Waals surface area contributed by atoms with Crippen molar-refractivity contribution in [1.29, 1.82) is 0 Å². The number of nitrogens with zero attached hydrogens (tertiary/aromatic N) is 1. The highest BCUT2D eigenvalue weighted by atomic mass is 19.2. The molecule has 1 aliphatic heterocycles. The van der Waals surface area contributed by atoms with Crippen LogP contribution in [-0.4, -0.2) is 35.7 Å². The van der Waals surface area contributed by atoms with Crippen molar-refractivity contribution in [3.8, 4) is 11.1 Å². The maximum atomic E-state index is 13.5. The van der Waals surface area contributed by atoms with Gasteiger partial charge < -0.3 is 5.32 Å². The fraction of sp³-hybridized carbons (Fsp3) is 0.174. The van der Waals surface area contributed by atoms with Crippen LogP contribution in [0.1, 0.15) is 23.2 Å². The molecule has 0 spiro atoms. The number of amides is 3. The molecule has 1 fully saturated rings. The minimum atomic E-state index is -0.906. The molecule has 4 rings (SSSR count). The Labute approximate surface area is 171 Å². The van der Waals surface area contributed by atoms with Crippen molar-refractivity contribution in [2.45, 2.75) is 12.8 Å². The summed E-state index contributed by atoms with van der Waals surface area (Å²) in [5, 5.41) is 4.39. The van der Waals surface area contributed by atoms with E-state index in [1.807, 2.05) is 12.1 Å². The Hall–Kier alpha value is -3.61. The molecule has 0 aliphatic carbocycles. The van der Waals surface area contributed by atoms with Gasteiger partial charge in [-0.15, -0.1) is 0 Å². The zero-order valence-corrected chi connectivity index (χ0v) is 16.0. The van der Waals surface area contributed by atoms with Crippen molar-refractivity contribution in [1.82, 2.24) is 10.2 Å². The smallest absolute Gasteiger partial charge is 0.251 e. The molecule has 0 aromatic heterocycles. The number of carbonyl (C=O) groups is 3. The first-order valence-electron chi connectivity index (χ1n) is 9.53. The normalized spacial score (nSPS) is 13.9. The first-order valence-corrected chi connectivity index (χ1v) is 9.53. The van der Waals surface area contributed by atoms with Gasteiger partial charge in [-0.25, -0.2) is 8.78 Å². The second kappa shape index (κ2) is 8.02. The number of fused-ring (bicyclic) bond motifs is 1. The molecule has 5 nitrogen and oxygen atoms in total. The summed E-state index contributed by atoms with van der Waals surface area (Å²) in [6, 6.07) is 14.3. The van der Waals surface area contributed by atoms with Crippen LogP contribution in [0.4, 0.5) is 8.78 Å². The summed E-state index contributed by atoms with van der Waals surface area (Å²) in [6.45, 7) is 0.345. The first-order chi connectivity index (χ1) is 14.4. The van der Waals surface area contributed by atoms with Gasteiger partial charge in [-0.2, -0.15) is 0 Å². The van der Waals surface area contributed by atoms with Crippen molar-refractivity contribution in [2.75, 3.05) is 13.1 Å². The summed E-state index contributed by atoms with van der Waals surface area (Å²) in [7, 11) is 0. The maximum Gasteiger partial charge on any atom is 0.251 e. The van der Waals surface area contributed by atoms with E-state index in [-0.39, 0.29) is 43.7 Å². The van der Waals surface area contributed by atoms with Crippen molar-refractivity contribution in [3.05, 3.63) is 71.8 Å². The van der Waals surface area contributed by atoms with Crippen LogP contribution < -0.4 is 5.32 Å². The van der Waals surface area contributed by atoms with E-state index in [0.717, 1.165) is 28.5 Å². The van der Waals surface area contributed by atoms with Gasteiger partial charge in [0.2, 0.25) is 11.8 Å². The Balaban J connectivity index is 1.46. The molecule has 7 heteroatoms. The average molecular weight is 408 g/mol. The molecule has 3 amide bonds. The second-order valence-electron chi connectivity index (χ2n) is 7.10. The predicted octanol–water partition coefficient (Wildman–Crippen LogP) is 3.66. The lowest BCUT2D eigenvalue weighted by Gasteiger charge is -2.14. The highest BCUT2D eigenvalue weighted by Crippen LogP contribution is 2.26. The molecule has 1 heterocycles. The fourth-order valence-corrected chi connectivity index (χ4v) is 3.50. The molecule has 0 unspecified atom stereocenters. The van der Waals surface area contributed by atoms with Crippen LogP contribution in [0.3, 0.4) is 0 Å². The van der Waals surface area contributed by atoms with Crippen LogP contribution in [0, 0.1) is 11.6 Å². The fourth-order valence-electron chi connectivity index (χ4n) is 3.50. The number of hydrogen-bond donors (Lipinski definition) is 1. The number of nitrogens with one attached hydrogen (secondary N) is 1. The number of halogens is 2. The second-order valence-corrected chi connectivity index (χ2v) is 7.10. The molecule has 1 N–H and O–H groups in total. The van der Waals surface area contributed by atoms with E-state index in [1.54, 1.807) is 24.3 Å². The molecule has 0 saturated carbocycles. The molecule has 152 valence electrons. The third-order valence-electron chi connectivity index (χ3n) is 5.13. The van der Waals surface area contributed by atoms with Gasteiger partial charge in [0, 0.05) is 31.5 Å². The van der Waals surface area contributed by atoms with Gasteiger partial charge in [-0.05, 0) is 52.2 Å². The number of rotatable bonds is 5. The Morgan fingerprint density at radius 2 is 1.47 bits per heavy atom. The Kier molecular flexibility index (Phi) is 5.27. The monoisotopic (exact) mass is 408 g/mol. The molecule has 3 aromatic rings. The van der Waals surface area contributed by atoms with Crippen LogP contribution >= 0.6 is 0 Å².